The lowest BCUT2D eigenvalue weighted by Gasteiger charge is -2.05. The van der Waals surface area contributed by atoms with Crippen LogP contribution < -0.4 is 10.2 Å². The molecule has 0 aromatic heterocycles. The molecule has 2 aromatic carbocycles. The van der Waals surface area contributed by atoms with Crippen molar-refractivity contribution in [1.29, 1.82) is 0 Å². The van der Waals surface area contributed by atoms with E-state index in [-0.39, 0.29) is 17.9 Å². The normalized spacial score (nSPS) is 14.2. The zero-order valence-corrected chi connectivity index (χ0v) is 11.7. The predicted molar refractivity (Wildman–Crippen MR) is 82.2 cm³/mol. The van der Waals surface area contributed by atoms with Crippen LogP contribution >= 0.6 is 0 Å². The Morgan fingerprint density at radius 3 is 2.83 bits per heavy atom. The number of carboxylic acids is 1. The Bertz CT molecular complexity index is 832. The molecule has 0 unspecified atom stereocenters. The number of non-ortho nitro benzene ring substituents is 1. The van der Waals surface area contributed by atoms with Gasteiger partial charge in [-0.2, -0.15) is 5.10 Å². The average Bonchev–Trinajstić information content (AvgIpc) is 2.95. The maximum atomic E-state index is 11.1. The molecule has 3 rings (SSSR count). The van der Waals surface area contributed by atoms with Gasteiger partial charge in [-0.25, -0.2) is 4.79 Å². The largest absolute Gasteiger partial charge is 0.486 e. The van der Waals surface area contributed by atoms with Crippen molar-refractivity contribution >= 4 is 23.1 Å². The summed E-state index contributed by atoms with van der Waals surface area (Å²) in [6.45, 7) is 0.152. The molecular weight excluding hydrogens is 302 g/mol. The van der Waals surface area contributed by atoms with E-state index < -0.39 is 10.9 Å². The monoisotopic (exact) mass is 313 g/mol. The van der Waals surface area contributed by atoms with E-state index in [1.54, 1.807) is 18.2 Å². The fourth-order valence-electron chi connectivity index (χ4n) is 2.19. The van der Waals surface area contributed by atoms with E-state index in [0.717, 1.165) is 0 Å². The molecule has 1 aliphatic rings. The third-order valence-electron chi connectivity index (χ3n) is 3.32. The fourth-order valence-corrected chi connectivity index (χ4v) is 2.19. The highest BCUT2D eigenvalue weighted by Crippen LogP contribution is 2.29. The van der Waals surface area contributed by atoms with Crippen LogP contribution in [-0.2, 0) is 0 Å². The molecule has 0 radical (unpaired) electrons. The van der Waals surface area contributed by atoms with Gasteiger partial charge in [-0.05, 0) is 18.2 Å². The predicted octanol–water partition coefficient (Wildman–Crippen LogP) is 2.50. The number of fused-ring (bicyclic) bond motifs is 1. The summed E-state index contributed by atoms with van der Waals surface area (Å²) in [5, 5.41) is 24.1. The lowest BCUT2D eigenvalue weighted by atomic mass is 10.1. The molecule has 0 amide bonds. The summed E-state index contributed by atoms with van der Waals surface area (Å²) in [6, 6.07) is 10.6. The number of nitrogens with zero attached hydrogens (tertiary/aromatic N) is 2. The Kier molecular flexibility index (Phi) is 3.63. The van der Waals surface area contributed by atoms with Gasteiger partial charge in [0, 0.05) is 12.1 Å². The van der Waals surface area contributed by atoms with Crippen LogP contribution in [0.1, 0.15) is 15.9 Å². The first-order valence-corrected chi connectivity index (χ1v) is 6.63. The van der Waals surface area contributed by atoms with Crippen molar-refractivity contribution in [3.8, 4) is 5.75 Å². The van der Waals surface area contributed by atoms with Crippen LogP contribution in [0.2, 0.25) is 0 Å². The van der Waals surface area contributed by atoms with Gasteiger partial charge in [0.25, 0.3) is 5.69 Å². The highest BCUT2D eigenvalue weighted by molar-refractivity contribution is 6.07. The van der Waals surface area contributed by atoms with Crippen molar-refractivity contribution in [2.24, 2.45) is 5.10 Å². The molecule has 0 saturated carbocycles. The number of benzene rings is 2. The van der Waals surface area contributed by atoms with E-state index in [4.69, 9.17) is 9.84 Å². The van der Waals surface area contributed by atoms with Gasteiger partial charge in [0.1, 0.15) is 18.1 Å². The van der Waals surface area contributed by atoms with Gasteiger partial charge in [0.05, 0.1) is 21.7 Å². The lowest BCUT2D eigenvalue weighted by Crippen LogP contribution is -2.08. The highest BCUT2D eigenvalue weighted by atomic mass is 16.6. The Balaban J connectivity index is 1.91. The van der Waals surface area contributed by atoms with Gasteiger partial charge in [-0.1, -0.05) is 12.1 Å². The molecule has 0 aliphatic carbocycles. The first-order chi connectivity index (χ1) is 11.1. The van der Waals surface area contributed by atoms with Gasteiger partial charge in [-0.15, -0.1) is 0 Å². The van der Waals surface area contributed by atoms with Crippen LogP contribution in [0.15, 0.2) is 47.6 Å². The number of nitro benzene ring substituents is 1. The summed E-state index contributed by atoms with van der Waals surface area (Å²) in [5.41, 5.74) is 4.00. The minimum Gasteiger partial charge on any atom is -0.486 e. The fraction of sp³-hybridized carbons (Fsp3) is 0.0667. The summed E-state index contributed by atoms with van der Waals surface area (Å²) in [7, 11) is 0. The van der Waals surface area contributed by atoms with Gasteiger partial charge in [0.2, 0.25) is 0 Å². The maximum absolute atomic E-state index is 11.1. The molecule has 2 N–H and O–H groups in total. The minimum atomic E-state index is -1.08. The molecule has 2 aromatic rings. The van der Waals surface area contributed by atoms with E-state index in [9.17, 15) is 14.9 Å². The van der Waals surface area contributed by atoms with Crippen molar-refractivity contribution < 1.29 is 19.6 Å². The van der Waals surface area contributed by atoms with Gasteiger partial charge >= 0.3 is 5.97 Å². The molecule has 8 nitrogen and oxygen atoms in total. The number of carbonyl (C=O) groups is 1. The van der Waals surface area contributed by atoms with Gasteiger partial charge < -0.3 is 9.84 Å². The number of hydrazone groups is 1. The smallest absolute Gasteiger partial charge is 0.337 e. The molecule has 116 valence electrons. The van der Waals surface area contributed by atoms with Crippen molar-refractivity contribution in [3.63, 3.8) is 0 Å². The van der Waals surface area contributed by atoms with Crippen molar-refractivity contribution in [2.75, 3.05) is 12.0 Å². The Labute approximate surface area is 130 Å². The molecule has 0 saturated heterocycles. The molecule has 1 aliphatic heterocycles. The number of carboxylic acid groups (broad SMARTS) is 1. The topological polar surface area (TPSA) is 114 Å². The van der Waals surface area contributed by atoms with E-state index in [1.807, 2.05) is 0 Å². The van der Waals surface area contributed by atoms with Crippen LogP contribution in [-0.4, -0.2) is 28.3 Å². The molecule has 8 heteroatoms. The molecular formula is C15H11N3O5. The molecule has 0 spiro atoms. The summed E-state index contributed by atoms with van der Waals surface area (Å²) in [5.74, 6) is -0.574. The second-order valence-corrected chi connectivity index (χ2v) is 4.75. The Hall–Kier alpha value is -3.42. The lowest BCUT2D eigenvalue weighted by molar-refractivity contribution is -0.384. The number of nitro groups is 1. The maximum Gasteiger partial charge on any atom is 0.337 e. The molecule has 0 atom stereocenters. The van der Waals surface area contributed by atoms with E-state index in [0.29, 0.717) is 22.7 Å². The highest BCUT2D eigenvalue weighted by Gasteiger charge is 2.23. The third kappa shape index (κ3) is 2.82. The third-order valence-corrected chi connectivity index (χ3v) is 3.32. The van der Waals surface area contributed by atoms with Crippen LogP contribution in [0.5, 0.6) is 5.75 Å². The van der Waals surface area contributed by atoms with Gasteiger partial charge in [0.15, 0.2) is 0 Å². The van der Waals surface area contributed by atoms with Crippen LogP contribution in [0.4, 0.5) is 11.4 Å². The standard InChI is InChI=1S/C15H11N3O5/c19-15(20)10-3-1-2-4-12(10)16-17-13-8-23-14-6-5-9(18(21)22)7-11(13)14/h1-7,16H,8H2,(H,19,20). The number of rotatable bonds is 4. The van der Waals surface area contributed by atoms with Crippen LogP contribution in [0.3, 0.4) is 0 Å². The van der Waals surface area contributed by atoms with Crippen molar-refractivity contribution in [1.82, 2.24) is 0 Å². The van der Waals surface area contributed by atoms with Gasteiger partial charge in [-0.3, -0.25) is 15.5 Å². The number of aromatic carboxylic acids is 1. The molecule has 0 fully saturated rings. The first-order valence-electron chi connectivity index (χ1n) is 6.63. The first kappa shape index (κ1) is 14.5. The van der Waals surface area contributed by atoms with E-state index in [1.165, 1.54) is 24.3 Å². The zero-order valence-electron chi connectivity index (χ0n) is 11.7. The summed E-state index contributed by atoms with van der Waals surface area (Å²) >= 11 is 0. The average molecular weight is 313 g/mol. The second kappa shape index (κ2) is 5.76. The van der Waals surface area contributed by atoms with Crippen molar-refractivity contribution in [2.45, 2.75) is 0 Å². The SMILES string of the molecule is O=C(O)c1ccccc1NN=C1COc2ccc([N+](=O)[O-])cc21. The summed E-state index contributed by atoms with van der Waals surface area (Å²) in [4.78, 5) is 21.5. The number of para-hydroxylation sites is 1. The van der Waals surface area contributed by atoms with Crippen LogP contribution in [0.25, 0.3) is 0 Å². The summed E-state index contributed by atoms with van der Waals surface area (Å²) < 4.78 is 5.40. The number of anilines is 1. The minimum absolute atomic E-state index is 0.0621. The zero-order chi connectivity index (χ0) is 16.4. The number of hydrogen-bond donors (Lipinski definition) is 2. The Morgan fingerprint density at radius 1 is 1.30 bits per heavy atom. The summed E-state index contributed by atoms with van der Waals surface area (Å²) in [6.07, 6.45) is 0. The molecule has 23 heavy (non-hydrogen) atoms. The number of hydrogen-bond acceptors (Lipinski definition) is 6. The molecule has 1 heterocycles. The van der Waals surface area contributed by atoms with E-state index in [2.05, 4.69) is 10.5 Å². The second-order valence-electron chi connectivity index (χ2n) is 4.75. The van der Waals surface area contributed by atoms with Crippen LogP contribution in [0, 0.1) is 10.1 Å². The van der Waals surface area contributed by atoms with E-state index >= 15 is 0 Å². The quantitative estimate of drug-likeness (QED) is 0.662. The molecule has 0 bridgehead atoms. The Morgan fingerprint density at radius 2 is 2.09 bits per heavy atom. The van der Waals surface area contributed by atoms with Crippen molar-refractivity contribution in [3.05, 3.63) is 63.7 Å². The number of ether oxygens (including phenoxy) is 1. The number of nitrogens with one attached hydrogen (secondary N) is 1.